The Bertz CT molecular complexity index is 582. The van der Waals surface area contributed by atoms with E-state index in [9.17, 15) is 9.90 Å². The number of rotatable bonds is 1. The Labute approximate surface area is 144 Å². The number of halogens is 1. The molecule has 0 aromatic heterocycles. The second-order valence-corrected chi connectivity index (χ2v) is 9.53. The van der Waals surface area contributed by atoms with Crippen LogP contribution in [0.2, 0.25) is 0 Å². The quantitative estimate of drug-likeness (QED) is 0.768. The molecule has 1 N–H and O–H groups in total. The molecule has 2 unspecified atom stereocenters. The van der Waals surface area contributed by atoms with E-state index in [-0.39, 0.29) is 22.7 Å². The molecule has 0 aromatic rings. The summed E-state index contributed by atoms with van der Waals surface area (Å²) in [7, 11) is 0. The largest absolute Gasteiger partial charge is 0.393 e. The third kappa shape index (κ3) is 2.12. The number of hydrogen-bond acceptors (Lipinski definition) is 2. The zero-order valence-electron chi connectivity index (χ0n) is 15.2. The van der Waals surface area contributed by atoms with Gasteiger partial charge in [0.1, 0.15) is 6.17 Å². The summed E-state index contributed by atoms with van der Waals surface area (Å²) in [6, 6.07) is 0. The van der Waals surface area contributed by atoms with Gasteiger partial charge >= 0.3 is 0 Å². The molecular weight excluding hydrogens is 303 g/mol. The highest BCUT2D eigenvalue weighted by molar-refractivity contribution is 5.91. The van der Waals surface area contributed by atoms with Crippen molar-refractivity contribution in [3.63, 3.8) is 0 Å². The summed E-state index contributed by atoms with van der Waals surface area (Å²) in [6.07, 6.45) is 6.89. The van der Waals surface area contributed by atoms with Crippen molar-refractivity contribution in [2.75, 3.05) is 0 Å². The number of aliphatic hydroxyl groups is 1. The van der Waals surface area contributed by atoms with Crippen LogP contribution in [0.4, 0.5) is 4.39 Å². The highest BCUT2D eigenvalue weighted by Gasteiger charge is 2.61. The van der Waals surface area contributed by atoms with Crippen LogP contribution in [0.15, 0.2) is 11.6 Å². The predicted octanol–water partition coefficient (Wildman–Crippen LogP) is 4.46. The number of carbonyl (C=O) groups excluding carboxylic acids is 1. The zero-order chi connectivity index (χ0) is 17.3. The lowest BCUT2D eigenvalue weighted by atomic mass is 9.46. The number of hydrogen-bond donors (Lipinski definition) is 1. The molecule has 0 aliphatic heterocycles. The fraction of sp³-hybridized carbons (Fsp3) is 0.857. The van der Waals surface area contributed by atoms with Crippen molar-refractivity contribution >= 4 is 5.78 Å². The van der Waals surface area contributed by atoms with Gasteiger partial charge in [-0.2, -0.15) is 0 Å². The van der Waals surface area contributed by atoms with Crippen molar-refractivity contribution in [3.8, 4) is 0 Å². The molecule has 0 bridgehead atoms. The Hall–Kier alpha value is -0.700. The summed E-state index contributed by atoms with van der Waals surface area (Å²) in [5, 5.41) is 10.3. The Morgan fingerprint density at radius 3 is 2.67 bits per heavy atom. The maximum atomic E-state index is 15.1. The van der Waals surface area contributed by atoms with E-state index in [0.717, 1.165) is 37.7 Å². The van der Waals surface area contributed by atoms with Crippen molar-refractivity contribution in [2.24, 2.45) is 34.5 Å². The smallest absolute Gasteiger partial charge is 0.155 e. The van der Waals surface area contributed by atoms with Gasteiger partial charge in [-0.25, -0.2) is 4.39 Å². The summed E-state index contributed by atoms with van der Waals surface area (Å²) in [5.74, 6) is 1.93. The number of ketones is 1. The normalized spacial score (nSPS) is 52.1. The number of fused-ring (bicyclic) bond motifs is 5. The molecule has 0 saturated heterocycles. The first-order valence-corrected chi connectivity index (χ1v) is 9.84. The second-order valence-electron chi connectivity index (χ2n) is 9.53. The number of alkyl halides is 1. The van der Waals surface area contributed by atoms with E-state index in [0.29, 0.717) is 36.5 Å². The second kappa shape index (κ2) is 5.40. The van der Waals surface area contributed by atoms with Crippen LogP contribution in [-0.2, 0) is 4.79 Å². The lowest BCUT2D eigenvalue weighted by Gasteiger charge is -2.59. The third-order valence-electron chi connectivity index (χ3n) is 8.59. The van der Waals surface area contributed by atoms with E-state index in [2.05, 4.69) is 13.8 Å². The van der Waals surface area contributed by atoms with Crippen LogP contribution >= 0.6 is 0 Å². The van der Waals surface area contributed by atoms with Crippen LogP contribution in [0.5, 0.6) is 0 Å². The highest BCUT2D eigenvalue weighted by atomic mass is 19.1. The average Bonchev–Trinajstić information content (AvgIpc) is 2.87. The highest BCUT2D eigenvalue weighted by Crippen LogP contribution is 2.67. The molecule has 4 aliphatic rings. The molecule has 134 valence electrons. The lowest BCUT2D eigenvalue weighted by Crippen LogP contribution is -2.53. The Morgan fingerprint density at radius 2 is 1.96 bits per heavy atom. The molecule has 2 nitrogen and oxygen atoms in total. The van der Waals surface area contributed by atoms with Crippen LogP contribution < -0.4 is 0 Å². The maximum absolute atomic E-state index is 15.1. The summed E-state index contributed by atoms with van der Waals surface area (Å²) in [4.78, 5) is 11.8. The number of allylic oxidation sites excluding steroid dienone is 1. The van der Waals surface area contributed by atoms with Crippen LogP contribution in [0.3, 0.4) is 0 Å². The topological polar surface area (TPSA) is 37.3 Å². The number of aliphatic hydroxyl groups excluding tert-OH is 1. The van der Waals surface area contributed by atoms with E-state index in [1.165, 1.54) is 0 Å². The van der Waals surface area contributed by atoms with Crippen molar-refractivity contribution in [3.05, 3.63) is 11.6 Å². The van der Waals surface area contributed by atoms with E-state index in [1.807, 2.05) is 6.92 Å². The standard InChI is InChI=1S/C21H31FO2/c1-12(23)15-4-5-16-14-11-19(22)18-10-13(24)6-8-21(18,3)17(14)7-9-20(15,16)2/h10,12,14-17,19,23H,4-9,11H2,1-3H3/t12?,14-,15+,16-,17-,19?,20+,21+/m0/s1. The summed E-state index contributed by atoms with van der Waals surface area (Å²) < 4.78 is 15.1. The molecule has 0 radical (unpaired) electrons. The van der Waals surface area contributed by atoms with Crippen LogP contribution in [0.1, 0.15) is 65.7 Å². The van der Waals surface area contributed by atoms with Gasteiger partial charge in [0.05, 0.1) is 6.10 Å². The van der Waals surface area contributed by atoms with Gasteiger partial charge in [-0.15, -0.1) is 0 Å². The monoisotopic (exact) mass is 334 g/mol. The Balaban J connectivity index is 1.70. The molecule has 3 saturated carbocycles. The first-order valence-electron chi connectivity index (χ1n) is 9.84. The van der Waals surface area contributed by atoms with Crippen LogP contribution in [0, 0.1) is 34.5 Å². The van der Waals surface area contributed by atoms with E-state index in [1.54, 1.807) is 6.08 Å². The molecule has 4 rings (SSSR count). The van der Waals surface area contributed by atoms with Crippen molar-refractivity contribution in [1.82, 2.24) is 0 Å². The average molecular weight is 334 g/mol. The van der Waals surface area contributed by atoms with Crippen molar-refractivity contribution < 1.29 is 14.3 Å². The SMILES string of the molecule is CC(O)[C@H]1CC[C@H]2[C@@H]3CC(F)C4=CC(=O)CC[C@]4(C)[C@H]3CC[C@]12C. The molecule has 0 amide bonds. The van der Waals surface area contributed by atoms with E-state index >= 15 is 4.39 Å². The molecule has 3 fully saturated rings. The van der Waals surface area contributed by atoms with Gasteiger partial charge < -0.3 is 5.11 Å². The van der Waals surface area contributed by atoms with Gasteiger partial charge in [-0.3, -0.25) is 4.79 Å². The summed E-state index contributed by atoms with van der Waals surface area (Å²) in [6.45, 7) is 6.50. The molecule has 0 heterocycles. The van der Waals surface area contributed by atoms with Crippen LogP contribution in [-0.4, -0.2) is 23.2 Å². The molecular formula is C21H31FO2. The van der Waals surface area contributed by atoms with Crippen molar-refractivity contribution in [1.29, 1.82) is 0 Å². The minimum absolute atomic E-state index is 0.110. The summed E-state index contributed by atoms with van der Waals surface area (Å²) >= 11 is 0. The minimum atomic E-state index is -0.951. The fourth-order valence-corrected chi connectivity index (χ4v) is 7.39. The Morgan fingerprint density at radius 1 is 1.21 bits per heavy atom. The zero-order valence-corrected chi connectivity index (χ0v) is 15.2. The lowest BCUT2D eigenvalue weighted by molar-refractivity contribution is -0.119. The van der Waals surface area contributed by atoms with Gasteiger partial charge in [0, 0.05) is 6.42 Å². The van der Waals surface area contributed by atoms with Gasteiger partial charge in [-0.1, -0.05) is 13.8 Å². The summed E-state index contributed by atoms with van der Waals surface area (Å²) in [5.41, 5.74) is 0.839. The molecule has 0 spiro atoms. The Kier molecular flexibility index (Phi) is 3.77. The first-order chi connectivity index (χ1) is 11.3. The molecule has 8 atom stereocenters. The number of carbonyl (C=O) groups is 1. The van der Waals surface area contributed by atoms with Gasteiger partial charge in [0.25, 0.3) is 0 Å². The van der Waals surface area contributed by atoms with Gasteiger partial charge in [0.15, 0.2) is 5.78 Å². The molecule has 3 heteroatoms. The van der Waals surface area contributed by atoms with Crippen LogP contribution in [0.25, 0.3) is 0 Å². The van der Waals surface area contributed by atoms with Crippen molar-refractivity contribution in [2.45, 2.75) is 78.0 Å². The molecule has 4 aliphatic carbocycles. The first kappa shape index (κ1) is 16.8. The molecule has 24 heavy (non-hydrogen) atoms. The fourth-order valence-electron chi connectivity index (χ4n) is 7.39. The van der Waals surface area contributed by atoms with E-state index in [4.69, 9.17) is 0 Å². The van der Waals surface area contributed by atoms with Gasteiger partial charge in [-0.05, 0) is 91.6 Å². The maximum Gasteiger partial charge on any atom is 0.155 e. The third-order valence-corrected chi connectivity index (χ3v) is 8.59. The predicted molar refractivity (Wildman–Crippen MR) is 92.2 cm³/mol. The minimum Gasteiger partial charge on any atom is -0.393 e. The van der Waals surface area contributed by atoms with Gasteiger partial charge in [0.2, 0.25) is 0 Å². The van der Waals surface area contributed by atoms with E-state index < -0.39 is 6.17 Å². The molecule has 0 aromatic carbocycles.